The predicted octanol–water partition coefficient (Wildman–Crippen LogP) is 2.81. The largest absolute Gasteiger partial charge is 0.495 e. The van der Waals surface area contributed by atoms with Gasteiger partial charge in [0.1, 0.15) is 11.8 Å². The summed E-state index contributed by atoms with van der Waals surface area (Å²) in [5.41, 5.74) is 1.67. The number of aryl methyl sites for hydroxylation is 1. The van der Waals surface area contributed by atoms with Gasteiger partial charge < -0.3 is 19.5 Å². The molecule has 0 saturated carbocycles. The number of benzene rings is 2. The molecular formula is C20H26N2O6S. The number of hydrogen-bond donors (Lipinski definition) is 1. The Bertz CT molecular complexity index is 990. The zero-order valence-electron chi connectivity index (χ0n) is 17.3. The standard InChI is InChI=1S/C20H26N2O6S/c1-13-7-9-17(26-3)16(11-13)21-20(23)14(2)22(29(6,24)25)15-8-10-18(27-4)19(12-15)28-5/h7-12,14H,1-6H3,(H,21,23). The average Bonchev–Trinajstić information content (AvgIpc) is 2.67. The summed E-state index contributed by atoms with van der Waals surface area (Å²) in [5, 5.41) is 2.75. The summed E-state index contributed by atoms with van der Waals surface area (Å²) in [5.74, 6) is 0.778. The number of nitrogens with zero attached hydrogens (tertiary/aromatic N) is 1. The van der Waals surface area contributed by atoms with Crippen molar-refractivity contribution in [2.24, 2.45) is 0 Å². The Kier molecular flexibility index (Phi) is 6.97. The van der Waals surface area contributed by atoms with Crippen molar-refractivity contribution in [2.45, 2.75) is 19.9 Å². The van der Waals surface area contributed by atoms with Crippen LogP contribution < -0.4 is 23.8 Å². The number of carbonyl (C=O) groups is 1. The van der Waals surface area contributed by atoms with E-state index >= 15 is 0 Å². The number of sulfonamides is 1. The summed E-state index contributed by atoms with van der Waals surface area (Å²) in [7, 11) is 0.652. The minimum Gasteiger partial charge on any atom is -0.495 e. The summed E-state index contributed by atoms with van der Waals surface area (Å²) >= 11 is 0. The Balaban J connectivity index is 2.41. The third-order valence-electron chi connectivity index (χ3n) is 4.32. The van der Waals surface area contributed by atoms with E-state index in [1.807, 2.05) is 13.0 Å². The van der Waals surface area contributed by atoms with Crippen LogP contribution >= 0.6 is 0 Å². The third-order valence-corrected chi connectivity index (χ3v) is 5.56. The van der Waals surface area contributed by atoms with Gasteiger partial charge in [-0.05, 0) is 43.7 Å². The van der Waals surface area contributed by atoms with Gasteiger partial charge in [-0.25, -0.2) is 8.42 Å². The molecule has 2 aromatic rings. The maximum atomic E-state index is 12.9. The number of nitrogens with one attached hydrogen (secondary N) is 1. The van der Waals surface area contributed by atoms with Crippen molar-refractivity contribution in [1.29, 1.82) is 0 Å². The molecule has 0 heterocycles. The van der Waals surface area contributed by atoms with Gasteiger partial charge in [0.15, 0.2) is 11.5 Å². The van der Waals surface area contributed by atoms with Crippen LogP contribution in [-0.2, 0) is 14.8 Å². The molecule has 2 aromatic carbocycles. The lowest BCUT2D eigenvalue weighted by Gasteiger charge is -2.29. The Hall–Kier alpha value is -2.94. The molecule has 0 bridgehead atoms. The highest BCUT2D eigenvalue weighted by atomic mass is 32.2. The lowest BCUT2D eigenvalue weighted by atomic mass is 10.2. The molecule has 0 fully saturated rings. The van der Waals surface area contributed by atoms with Gasteiger partial charge in [-0.3, -0.25) is 9.10 Å². The molecule has 0 spiro atoms. The van der Waals surface area contributed by atoms with Crippen molar-refractivity contribution in [3.05, 3.63) is 42.0 Å². The number of rotatable bonds is 8. The van der Waals surface area contributed by atoms with Crippen molar-refractivity contribution >= 4 is 27.3 Å². The van der Waals surface area contributed by atoms with Crippen LogP contribution in [0.5, 0.6) is 17.2 Å². The van der Waals surface area contributed by atoms with Crippen molar-refractivity contribution in [3.63, 3.8) is 0 Å². The van der Waals surface area contributed by atoms with Gasteiger partial charge in [-0.15, -0.1) is 0 Å². The summed E-state index contributed by atoms with van der Waals surface area (Å²) in [4.78, 5) is 12.9. The average molecular weight is 423 g/mol. The summed E-state index contributed by atoms with van der Waals surface area (Å²) in [6, 6.07) is 8.96. The molecule has 158 valence electrons. The third kappa shape index (κ3) is 5.11. The quantitative estimate of drug-likeness (QED) is 0.703. The predicted molar refractivity (Wildman–Crippen MR) is 113 cm³/mol. The van der Waals surface area contributed by atoms with E-state index in [4.69, 9.17) is 14.2 Å². The molecule has 1 unspecified atom stereocenters. The summed E-state index contributed by atoms with van der Waals surface area (Å²) in [6.07, 6.45) is 1.04. The zero-order chi connectivity index (χ0) is 21.8. The van der Waals surface area contributed by atoms with Crippen LogP contribution in [0.15, 0.2) is 36.4 Å². The molecule has 1 atom stereocenters. The number of methoxy groups -OCH3 is 3. The first-order valence-electron chi connectivity index (χ1n) is 8.79. The van der Waals surface area contributed by atoms with Crippen molar-refractivity contribution < 1.29 is 27.4 Å². The fourth-order valence-corrected chi connectivity index (χ4v) is 4.09. The second kappa shape index (κ2) is 9.04. The number of ether oxygens (including phenoxy) is 3. The fraction of sp³-hybridized carbons (Fsp3) is 0.350. The molecule has 9 heteroatoms. The number of carbonyl (C=O) groups excluding carboxylic acids is 1. The maximum Gasteiger partial charge on any atom is 0.248 e. The molecule has 29 heavy (non-hydrogen) atoms. The highest BCUT2D eigenvalue weighted by molar-refractivity contribution is 7.92. The van der Waals surface area contributed by atoms with Crippen LogP contribution in [0, 0.1) is 6.92 Å². The monoisotopic (exact) mass is 422 g/mol. The van der Waals surface area contributed by atoms with E-state index in [9.17, 15) is 13.2 Å². The van der Waals surface area contributed by atoms with Crippen molar-refractivity contribution in [2.75, 3.05) is 37.2 Å². The molecule has 0 aliphatic heterocycles. The van der Waals surface area contributed by atoms with Crippen LogP contribution in [0.25, 0.3) is 0 Å². The summed E-state index contributed by atoms with van der Waals surface area (Å²) < 4.78 is 41.8. The van der Waals surface area contributed by atoms with Gasteiger partial charge >= 0.3 is 0 Å². The van der Waals surface area contributed by atoms with E-state index in [0.29, 0.717) is 22.9 Å². The minimum absolute atomic E-state index is 0.281. The normalized spacial score (nSPS) is 12.1. The lowest BCUT2D eigenvalue weighted by molar-refractivity contribution is -0.116. The molecule has 8 nitrogen and oxygen atoms in total. The van der Waals surface area contributed by atoms with E-state index in [1.54, 1.807) is 24.3 Å². The second-order valence-electron chi connectivity index (χ2n) is 6.47. The minimum atomic E-state index is -3.78. The van der Waals surface area contributed by atoms with Crippen LogP contribution in [0.3, 0.4) is 0 Å². The van der Waals surface area contributed by atoms with E-state index in [-0.39, 0.29) is 5.69 Å². The van der Waals surface area contributed by atoms with Crippen molar-refractivity contribution in [1.82, 2.24) is 0 Å². The number of amides is 1. The van der Waals surface area contributed by atoms with Crippen LogP contribution in [-0.4, -0.2) is 48.0 Å². The van der Waals surface area contributed by atoms with Gasteiger partial charge in [0.05, 0.1) is 39.0 Å². The van der Waals surface area contributed by atoms with Crippen molar-refractivity contribution in [3.8, 4) is 17.2 Å². The van der Waals surface area contributed by atoms with Gasteiger partial charge in [0.25, 0.3) is 0 Å². The van der Waals surface area contributed by atoms with Gasteiger partial charge in [0, 0.05) is 6.07 Å². The first-order chi connectivity index (χ1) is 13.6. The van der Waals surface area contributed by atoms with E-state index in [0.717, 1.165) is 16.1 Å². The molecule has 0 aromatic heterocycles. The van der Waals surface area contributed by atoms with E-state index in [1.165, 1.54) is 34.3 Å². The second-order valence-corrected chi connectivity index (χ2v) is 8.33. The highest BCUT2D eigenvalue weighted by Crippen LogP contribution is 2.33. The molecule has 0 aliphatic carbocycles. The molecule has 0 saturated heterocycles. The molecule has 1 amide bonds. The van der Waals surface area contributed by atoms with Gasteiger partial charge in [0.2, 0.25) is 15.9 Å². The SMILES string of the molecule is COc1ccc(C)cc1NC(=O)C(C)N(c1ccc(OC)c(OC)c1)S(C)(=O)=O. The van der Waals surface area contributed by atoms with Crippen LogP contribution in [0.4, 0.5) is 11.4 Å². The number of anilines is 2. The summed E-state index contributed by atoms with van der Waals surface area (Å²) in [6.45, 7) is 3.39. The van der Waals surface area contributed by atoms with Crippen LogP contribution in [0.1, 0.15) is 12.5 Å². The highest BCUT2D eigenvalue weighted by Gasteiger charge is 2.30. The smallest absolute Gasteiger partial charge is 0.248 e. The Labute approximate surface area is 171 Å². The molecule has 0 radical (unpaired) electrons. The van der Waals surface area contributed by atoms with Gasteiger partial charge in [-0.2, -0.15) is 0 Å². The Morgan fingerprint density at radius 2 is 1.55 bits per heavy atom. The fourth-order valence-electron chi connectivity index (χ4n) is 2.93. The first kappa shape index (κ1) is 22.4. The molecule has 0 aliphatic rings. The topological polar surface area (TPSA) is 94.2 Å². The maximum absolute atomic E-state index is 12.9. The Morgan fingerprint density at radius 3 is 2.10 bits per heavy atom. The molecule has 1 N–H and O–H groups in total. The zero-order valence-corrected chi connectivity index (χ0v) is 18.2. The van der Waals surface area contributed by atoms with E-state index < -0.39 is 22.0 Å². The van der Waals surface area contributed by atoms with E-state index in [2.05, 4.69) is 5.32 Å². The molecule has 2 rings (SSSR count). The molecular weight excluding hydrogens is 396 g/mol. The lowest BCUT2D eigenvalue weighted by Crippen LogP contribution is -2.45. The first-order valence-corrected chi connectivity index (χ1v) is 10.6. The van der Waals surface area contributed by atoms with Gasteiger partial charge in [-0.1, -0.05) is 6.07 Å². The van der Waals surface area contributed by atoms with Crippen LogP contribution in [0.2, 0.25) is 0 Å². The Morgan fingerprint density at radius 1 is 0.966 bits per heavy atom. The number of hydrogen-bond acceptors (Lipinski definition) is 6.